The topological polar surface area (TPSA) is 32.3 Å². The number of nitrogens with one attached hydrogen (secondary N) is 1. The molecular formula is C8H19NO. The van der Waals surface area contributed by atoms with Gasteiger partial charge in [-0.1, -0.05) is 13.3 Å². The molecule has 0 saturated heterocycles. The zero-order chi connectivity index (χ0) is 7.82. The Morgan fingerprint density at radius 3 is 2.70 bits per heavy atom. The first-order chi connectivity index (χ1) is 4.81. The van der Waals surface area contributed by atoms with E-state index in [0.29, 0.717) is 12.6 Å². The molecule has 0 aromatic heterocycles. The van der Waals surface area contributed by atoms with Gasteiger partial charge in [0.25, 0.3) is 0 Å². The van der Waals surface area contributed by atoms with E-state index in [1.54, 1.807) is 0 Å². The molecule has 2 heteroatoms. The van der Waals surface area contributed by atoms with Gasteiger partial charge < -0.3 is 10.4 Å². The molecule has 0 spiro atoms. The number of hydrogen-bond acceptors (Lipinski definition) is 2. The first kappa shape index (κ1) is 9.92. The van der Waals surface area contributed by atoms with Crippen LogP contribution < -0.4 is 5.32 Å². The number of aliphatic hydroxyl groups excluding tert-OH is 1. The van der Waals surface area contributed by atoms with Crippen LogP contribution >= 0.6 is 0 Å². The van der Waals surface area contributed by atoms with Gasteiger partial charge in [0.2, 0.25) is 0 Å². The second-order valence-electron chi connectivity index (χ2n) is 2.72. The molecule has 10 heavy (non-hydrogen) atoms. The predicted molar refractivity (Wildman–Crippen MR) is 44.1 cm³/mol. The van der Waals surface area contributed by atoms with Gasteiger partial charge in [-0.3, -0.25) is 0 Å². The highest BCUT2D eigenvalue weighted by Gasteiger charge is 1.96. The largest absolute Gasteiger partial charge is 0.396 e. The Labute approximate surface area is 63.6 Å². The van der Waals surface area contributed by atoms with Crippen molar-refractivity contribution in [2.24, 2.45) is 0 Å². The highest BCUT2D eigenvalue weighted by atomic mass is 16.3. The van der Waals surface area contributed by atoms with Gasteiger partial charge in [-0.15, -0.1) is 0 Å². The Bertz CT molecular complexity index is 66.3. The van der Waals surface area contributed by atoms with E-state index in [9.17, 15) is 0 Å². The monoisotopic (exact) mass is 145 g/mol. The van der Waals surface area contributed by atoms with Crippen LogP contribution in [0.5, 0.6) is 0 Å². The molecule has 0 aromatic carbocycles. The minimum atomic E-state index is 0.292. The van der Waals surface area contributed by atoms with Crippen LogP contribution in [0.4, 0.5) is 0 Å². The van der Waals surface area contributed by atoms with Crippen LogP contribution in [0.2, 0.25) is 0 Å². The highest BCUT2D eigenvalue weighted by Crippen LogP contribution is 1.89. The van der Waals surface area contributed by atoms with Crippen molar-refractivity contribution in [3.63, 3.8) is 0 Å². The van der Waals surface area contributed by atoms with Crippen molar-refractivity contribution in [3.8, 4) is 0 Å². The summed E-state index contributed by atoms with van der Waals surface area (Å²) in [6.07, 6.45) is 3.33. The zero-order valence-corrected chi connectivity index (χ0v) is 7.06. The van der Waals surface area contributed by atoms with E-state index in [4.69, 9.17) is 5.11 Å². The van der Waals surface area contributed by atoms with E-state index in [1.807, 2.05) is 0 Å². The summed E-state index contributed by atoms with van der Waals surface area (Å²) in [5.41, 5.74) is 0. The van der Waals surface area contributed by atoms with Gasteiger partial charge in [0.05, 0.1) is 0 Å². The molecule has 62 valence electrons. The first-order valence-corrected chi connectivity index (χ1v) is 4.15. The molecule has 0 fully saturated rings. The van der Waals surface area contributed by atoms with Crippen molar-refractivity contribution in [2.45, 2.75) is 39.2 Å². The van der Waals surface area contributed by atoms with Crippen LogP contribution in [0.15, 0.2) is 0 Å². The molecule has 0 rings (SSSR count). The van der Waals surface area contributed by atoms with Gasteiger partial charge in [0.15, 0.2) is 0 Å². The van der Waals surface area contributed by atoms with E-state index < -0.39 is 0 Å². The van der Waals surface area contributed by atoms with Gasteiger partial charge in [-0.2, -0.15) is 0 Å². The van der Waals surface area contributed by atoms with Gasteiger partial charge in [-0.25, -0.2) is 0 Å². The number of unbranched alkanes of at least 4 members (excludes halogenated alkanes) is 1. The molecule has 0 radical (unpaired) electrons. The first-order valence-electron chi connectivity index (χ1n) is 4.15. The Balaban J connectivity index is 2.97. The fourth-order valence-corrected chi connectivity index (χ4v) is 0.821. The second-order valence-corrected chi connectivity index (χ2v) is 2.72. The lowest BCUT2D eigenvalue weighted by Gasteiger charge is -2.10. The van der Waals surface area contributed by atoms with Crippen LogP contribution in [0.25, 0.3) is 0 Å². The predicted octanol–water partition coefficient (Wildman–Crippen LogP) is 1.15. The Morgan fingerprint density at radius 2 is 2.20 bits per heavy atom. The summed E-state index contributed by atoms with van der Waals surface area (Å²) in [5.74, 6) is 0. The number of hydrogen-bond donors (Lipinski definition) is 2. The smallest absolute Gasteiger partial charge is 0.0445 e. The van der Waals surface area contributed by atoms with Crippen LogP contribution in [-0.2, 0) is 0 Å². The van der Waals surface area contributed by atoms with Gasteiger partial charge in [-0.05, 0) is 26.3 Å². The maximum Gasteiger partial charge on any atom is 0.0445 e. The summed E-state index contributed by atoms with van der Waals surface area (Å²) in [7, 11) is 0. The Kier molecular flexibility index (Phi) is 6.98. The summed E-state index contributed by atoms with van der Waals surface area (Å²) in [4.78, 5) is 0. The summed E-state index contributed by atoms with van der Waals surface area (Å²) < 4.78 is 0. The lowest BCUT2D eigenvalue weighted by molar-refractivity contribution is 0.269. The number of rotatable bonds is 6. The van der Waals surface area contributed by atoms with E-state index in [0.717, 1.165) is 13.0 Å². The molecule has 0 saturated carbocycles. The second kappa shape index (κ2) is 7.03. The standard InChI is InChI=1S/C8H19NO/c1-3-4-6-9-8(2)5-7-10/h8-10H,3-7H2,1-2H3. The van der Waals surface area contributed by atoms with Crippen molar-refractivity contribution < 1.29 is 5.11 Å². The lowest BCUT2D eigenvalue weighted by Crippen LogP contribution is -2.27. The zero-order valence-electron chi connectivity index (χ0n) is 7.06. The van der Waals surface area contributed by atoms with Gasteiger partial charge in [0.1, 0.15) is 0 Å². The fraction of sp³-hybridized carbons (Fsp3) is 1.00. The molecule has 0 aromatic rings. The van der Waals surface area contributed by atoms with Crippen LogP contribution in [0, 0.1) is 0 Å². The maximum atomic E-state index is 8.55. The molecule has 0 aliphatic carbocycles. The summed E-state index contributed by atoms with van der Waals surface area (Å²) in [6.45, 7) is 5.65. The number of aliphatic hydroxyl groups is 1. The molecule has 2 N–H and O–H groups in total. The third-order valence-electron chi connectivity index (χ3n) is 1.59. The van der Waals surface area contributed by atoms with Crippen molar-refractivity contribution in [1.29, 1.82) is 0 Å². The van der Waals surface area contributed by atoms with Crippen LogP contribution in [0.1, 0.15) is 33.1 Å². The third-order valence-corrected chi connectivity index (χ3v) is 1.59. The maximum absolute atomic E-state index is 8.55. The van der Waals surface area contributed by atoms with Crippen LogP contribution in [0.3, 0.4) is 0 Å². The van der Waals surface area contributed by atoms with Crippen molar-refractivity contribution in [2.75, 3.05) is 13.2 Å². The van der Waals surface area contributed by atoms with E-state index in [-0.39, 0.29) is 0 Å². The summed E-state index contributed by atoms with van der Waals surface area (Å²) in [5, 5.41) is 11.9. The average Bonchev–Trinajstić information content (AvgIpc) is 1.89. The minimum Gasteiger partial charge on any atom is -0.396 e. The molecule has 0 amide bonds. The van der Waals surface area contributed by atoms with E-state index in [2.05, 4.69) is 19.2 Å². The summed E-state index contributed by atoms with van der Waals surface area (Å²) in [6, 6.07) is 0.469. The van der Waals surface area contributed by atoms with Crippen molar-refractivity contribution >= 4 is 0 Å². The van der Waals surface area contributed by atoms with E-state index >= 15 is 0 Å². The van der Waals surface area contributed by atoms with E-state index in [1.165, 1.54) is 12.8 Å². The van der Waals surface area contributed by atoms with Crippen LogP contribution in [-0.4, -0.2) is 24.3 Å². The van der Waals surface area contributed by atoms with Gasteiger partial charge >= 0.3 is 0 Å². The molecule has 1 unspecified atom stereocenters. The molecule has 0 aliphatic heterocycles. The minimum absolute atomic E-state index is 0.292. The molecule has 2 nitrogen and oxygen atoms in total. The average molecular weight is 145 g/mol. The molecule has 0 aliphatic rings. The molecule has 0 bridgehead atoms. The Morgan fingerprint density at radius 1 is 1.50 bits per heavy atom. The molecule has 1 atom stereocenters. The normalized spacial score (nSPS) is 13.5. The molecular weight excluding hydrogens is 126 g/mol. The molecule has 0 heterocycles. The Hall–Kier alpha value is -0.0800. The lowest BCUT2D eigenvalue weighted by atomic mass is 10.2. The SMILES string of the molecule is CCCCNC(C)CCO. The highest BCUT2D eigenvalue weighted by molar-refractivity contribution is 4.58. The van der Waals surface area contributed by atoms with Crippen molar-refractivity contribution in [1.82, 2.24) is 5.32 Å². The third kappa shape index (κ3) is 6.05. The fourth-order valence-electron chi connectivity index (χ4n) is 0.821. The van der Waals surface area contributed by atoms with Crippen molar-refractivity contribution in [3.05, 3.63) is 0 Å². The van der Waals surface area contributed by atoms with Gasteiger partial charge in [0, 0.05) is 12.6 Å². The summed E-state index contributed by atoms with van der Waals surface area (Å²) >= 11 is 0. The quantitative estimate of drug-likeness (QED) is 0.549.